The summed E-state index contributed by atoms with van der Waals surface area (Å²) in [5, 5.41) is 28.2. The summed E-state index contributed by atoms with van der Waals surface area (Å²) < 4.78 is 1.69. The van der Waals surface area contributed by atoms with Crippen LogP contribution < -0.4 is 0 Å². The predicted octanol–water partition coefficient (Wildman–Crippen LogP) is 2.53. The van der Waals surface area contributed by atoms with Gasteiger partial charge in [0.05, 0.1) is 5.75 Å². The van der Waals surface area contributed by atoms with Crippen molar-refractivity contribution in [2.75, 3.05) is 5.75 Å². The SMILES string of the molecule is O=C(O)CSc1nnc([C@H](O)c2ccccc2)n1-c1ccccc1. The standard InChI is InChI=1S/C17H15N3O3S/c21-14(22)11-24-17-19-18-16(15(23)12-7-3-1-4-8-12)20(17)13-9-5-2-6-10-13/h1-10,15,23H,11H2,(H,21,22)/t15-/m1/s1. The Morgan fingerprint density at radius 2 is 1.67 bits per heavy atom. The Morgan fingerprint density at radius 1 is 1.04 bits per heavy atom. The van der Waals surface area contributed by atoms with Crippen LogP contribution in [0.3, 0.4) is 0 Å². The van der Waals surface area contributed by atoms with Gasteiger partial charge in [0.15, 0.2) is 11.0 Å². The van der Waals surface area contributed by atoms with Crippen LogP contribution in [-0.2, 0) is 4.79 Å². The third kappa shape index (κ3) is 3.47. The second-order valence-corrected chi connectivity index (χ2v) is 5.95. The fourth-order valence-corrected chi connectivity index (χ4v) is 2.96. The number of benzene rings is 2. The molecule has 0 amide bonds. The third-order valence-corrected chi connectivity index (χ3v) is 4.27. The number of para-hydroxylation sites is 1. The molecule has 2 N–H and O–H groups in total. The molecule has 1 heterocycles. The van der Waals surface area contributed by atoms with E-state index in [2.05, 4.69) is 10.2 Å². The molecule has 7 heteroatoms. The van der Waals surface area contributed by atoms with E-state index in [-0.39, 0.29) is 5.75 Å². The highest BCUT2D eigenvalue weighted by atomic mass is 32.2. The van der Waals surface area contributed by atoms with Gasteiger partial charge >= 0.3 is 5.97 Å². The average molecular weight is 341 g/mol. The van der Waals surface area contributed by atoms with Crippen molar-refractivity contribution in [3.8, 4) is 5.69 Å². The van der Waals surface area contributed by atoms with E-state index in [1.165, 1.54) is 0 Å². The molecule has 122 valence electrons. The molecule has 0 aliphatic rings. The van der Waals surface area contributed by atoms with E-state index in [9.17, 15) is 9.90 Å². The molecule has 0 bridgehead atoms. The number of nitrogens with zero attached hydrogens (tertiary/aromatic N) is 3. The van der Waals surface area contributed by atoms with Crippen molar-refractivity contribution < 1.29 is 15.0 Å². The zero-order chi connectivity index (χ0) is 16.9. The van der Waals surface area contributed by atoms with Gasteiger partial charge in [-0.3, -0.25) is 9.36 Å². The Kier molecular flexibility index (Phi) is 4.93. The normalized spacial score (nSPS) is 12.0. The summed E-state index contributed by atoms with van der Waals surface area (Å²) in [6, 6.07) is 18.5. The van der Waals surface area contributed by atoms with E-state index in [1.54, 1.807) is 16.7 Å². The highest BCUT2D eigenvalue weighted by Crippen LogP contribution is 2.28. The van der Waals surface area contributed by atoms with Crippen molar-refractivity contribution in [1.29, 1.82) is 0 Å². The van der Waals surface area contributed by atoms with Crippen LogP contribution in [0.15, 0.2) is 65.8 Å². The number of aliphatic hydroxyl groups is 1. The second-order valence-electron chi connectivity index (χ2n) is 5.01. The summed E-state index contributed by atoms with van der Waals surface area (Å²) >= 11 is 1.06. The van der Waals surface area contributed by atoms with Crippen molar-refractivity contribution in [2.24, 2.45) is 0 Å². The number of thioether (sulfide) groups is 1. The largest absolute Gasteiger partial charge is 0.481 e. The highest BCUT2D eigenvalue weighted by Gasteiger charge is 2.22. The van der Waals surface area contributed by atoms with Gasteiger partial charge in [-0.1, -0.05) is 60.3 Å². The van der Waals surface area contributed by atoms with Gasteiger partial charge in [0.2, 0.25) is 0 Å². The smallest absolute Gasteiger partial charge is 0.313 e. The molecule has 0 saturated heterocycles. The summed E-state index contributed by atoms with van der Waals surface area (Å²) in [5.41, 5.74) is 1.46. The number of aliphatic carboxylic acids is 1. The van der Waals surface area contributed by atoms with Gasteiger partial charge in [-0.05, 0) is 17.7 Å². The van der Waals surface area contributed by atoms with Crippen molar-refractivity contribution in [3.63, 3.8) is 0 Å². The molecule has 1 atom stereocenters. The minimum atomic E-state index is -0.960. The molecule has 0 aliphatic carbocycles. The predicted molar refractivity (Wildman–Crippen MR) is 90.2 cm³/mol. The number of hydrogen-bond donors (Lipinski definition) is 2. The number of carboxylic acids is 1. The van der Waals surface area contributed by atoms with Gasteiger partial charge in [0, 0.05) is 5.69 Å². The quantitative estimate of drug-likeness (QED) is 0.670. The minimum Gasteiger partial charge on any atom is -0.481 e. The molecule has 2 aromatic carbocycles. The zero-order valence-corrected chi connectivity index (χ0v) is 13.4. The average Bonchev–Trinajstić information content (AvgIpc) is 3.04. The molecule has 0 aliphatic heterocycles. The molecular formula is C17H15N3O3S. The summed E-state index contributed by atoms with van der Waals surface area (Å²) in [7, 11) is 0. The summed E-state index contributed by atoms with van der Waals surface area (Å²) in [6.07, 6.45) is -0.960. The van der Waals surface area contributed by atoms with E-state index in [1.807, 2.05) is 48.5 Å². The van der Waals surface area contributed by atoms with Crippen LogP contribution in [0.1, 0.15) is 17.5 Å². The number of aliphatic hydroxyl groups excluding tert-OH is 1. The van der Waals surface area contributed by atoms with E-state index in [0.29, 0.717) is 16.5 Å². The van der Waals surface area contributed by atoms with Crippen LogP contribution in [0, 0.1) is 0 Å². The molecule has 24 heavy (non-hydrogen) atoms. The van der Waals surface area contributed by atoms with Gasteiger partial charge in [-0.25, -0.2) is 0 Å². The van der Waals surface area contributed by atoms with Crippen LogP contribution in [0.4, 0.5) is 0 Å². The molecule has 6 nitrogen and oxygen atoms in total. The van der Waals surface area contributed by atoms with Gasteiger partial charge in [0.1, 0.15) is 6.10 Å². The fourth-order valence-electron chi connectivity index (χ4n) is 2.28. The first-order valence-corrected chi connectivity index (χ1v) is 8.23. The maximum Gasteiger partial charge on any atom is 0.313 e. The van der Waals surface area contributed by atoms with Crippen molar-refractivity contribution in [2.45, 2.75) is 11.3 Å². The lowest BCUT2D eigenvalue weighted by atomic mass is 10.1. The van der Waals surface area contributed by atoms with E-state index < -0.39 is 12.1 Å². The molecule has 0 radical (unpaired) electrons. The number of hydrogen-bond acceptors (Lipinski definition) is 5. The fraction of sp³-hybridized carbons (Fsp3) is 0.118. The first-order chi connectivity index (χ1) is 11.7. The number of aromatic nitrogens is 3. The molecular weight excluding hydrogens is 326 g/mol. The minimum absolute atomic E-state index is 0.133. The Bertz CT molecular complexity index is 822. The van der Waals surface area contributed by atoms with Gasteiger partial charge in [-0.2, -0.15) is 0 Å². The molecule has 0 saturated carbocycles. The summed E-state index contributed by atoms with van der Waals surface area (Å²) in [6.45, 7) is 0. The van der Waals surface area contributed by atoms with Crippen molar-refractivity contribution >= 4 is 17.7 Å². The topological polar surface area (TPSA) is 88.2 Å². The van der Waals surface area contributed by atoms with Crippen LogP contribution >= 0.6 is 11.8 Å². The summed E-state index contributed by atoms with van der Waals surface area (Å²) in [5.74, 6) is -0.722. The van der Waals surface area contributed by atoms with Crippen LogP contribution in [-0.4, -0.2) is 36.7 Å². The van der Waals surface area contributed by atoms with Crippen LogP contribution in [0.25, 0.3) is 5.69 Å². The van der Waals surface area contributed by atoms with Crippen LogP contribution in [0.5, 0.6) is 0 Å². The molecule has 0 fully saturated rings. The highest BCUT2D eigenvalue weighted by molar-refractivity contribution is 7.99. The first kappa shape index (κ1) is 16.2. The molecule has 3 aromatic rings. The molecule has 1 aromatic heterocycles. The molecule has 0 spiro atoms. The Labute approximate surface area is 142 Å². The second kappa shape index (κ2) is 7.29. The third-order valence-electron chi connectivity index (χ3n) is 3.36. The monoisotopic (exact) mass is 341 g/mol. The Hall–Kier alpha value is -2.64. The maximum atomic E-state index is 10.9. The van der Waals surface area contributed by atoms with Crippen molar-refractivity contribution in [3.05, 3.63) is 72.1 Å². The lowest BCUT2D eigenvalue weighted by Gasteiger charge is -2.14. The first-order valence-electron chi connectivity index (χ1n) is 7.25. The van der Waals surface area contributed by atoms with Gasteiger partial charge < -0.3 is 10.2 Å². The lowest BCUT2D eigenvalue weighted by Crippen LogP contribution is -2.10. The molecule has 3 rings (SSSR count). The Morgan fingerprint density at radius 3 is 2.29 bits per heavy atom. The number of rotatable bonds is 6. The number of carbonyl (C=O) groups is 1. The van der Waals surface area contributed by atoms with Gasteiger partial charge in [-0.15, -0.1) is 10.2 Å². The number of carboxylic acid groups (broad SMARTS) is 1. The summed E-state index contributed by atoms with van der Waals surface area (Å²) in [4.78, 5) is 10.9. The van der Waals surface area contributed by atoms with E-state index >= 15 is 0 Å². The van der Waals surface area contributed by atoms with Crippen molar-refractivity contribution in [1.82, 2.24) is 14.8 Å². The van der Waals surface area contributed by atoms with Gasteiger partial charge in [0.25, 0.3) is 0 Å². The maximum absolute atomic E-state index is 10.9. The van der Waals surface area contributed by atoms with Crippen LogP contribution in [0.2, 0.25) is 0 Å². The Balaban J connectivity index is 2.04. The van der Waals surface area contributed by atoms with E-state index in [4.69, 9.17) is 5.11 Å². The lowest BCUT2D eigenvalue weighted by molar-refractivity contribution is -0.133. The zero-order valence-electron chi connectivity index (χ0n) is 12.6. The molecule has 0 unspecified atom stereocenters. The van der Waals surface area contributed by atoms with E-state index in [0.717, 1.165) is 17.4 Å².